The molecule has 216 valence electrons. The number of nitrogens with one attached hydrogen (secondary N) is 2. The van der Waals surface area contributed by atoms with Gasteiger partial charge in [-0.15, -0.1) is 0 Å². The molecule has 2 heterocycles. The third kappa shape index (κ3) is 7.01. The van der Waals surface area contributed by atoms with Gasteiger partial charge in [0.1, 0.15) is 4.90 Å². The van der Waals surface area contributed by atoms with Crippen LogP contribution in [-0.2, 0) is 26.4 Å². The van der Waals surface area contributed by atoms with Crippen LogP contribution < -0.4 is 10.0 Å². The first-order valence-electron chi connectivity index (χ1n) is 13.3. The Morgan fingerprint density at radius 1 is 1.05 bits per heavy atom. The van der Waals surface area contributed by atoms with Gasteiger partial charge in [-0.1, -0.05) is 42.5 Å². The summed E-state index contributed by atoms with van der Waals surface area (Å²) in [6.45, 7) is 8.11. The van der Waals surface area contributed by atoms with Gasteiger partial charge in [0.25, 0.3) is 5.91 Å². The topological polar surface area (TPSA) is 114 Å². The van der Waals surface area contributed by atoms with Gasteiger partial charge >= 0.3 is 0 Å². The number of hydrogen-bond acceptors (Lipinski definition) is 5. The summed E-state index contributed by atoms with van der Waals surface area (Å²) < 4.78 is 53.7. The van der Waals surface area contributed by atoms with E-state index in [0.29, 0.717) is 35.8 Å². The van der Waals surface area contributed by atoms with Crippen molar-refractivity contribution in [2.24, 2.45) is 11.8 Å². The molecule has 1 aliphatic carbocycles. The van der Waals surface area contributed by atoms with Crippen LogP contribution in [0.25, 0.3) is 11.3 Å². The second-order valence-electron chi connectivity index (χ2n) is 11.9. The molecule has 2 aliphatic rings. The molecule has 1 saturated carbocycles. The molecule has 8 nitrogen and oxygen atoms in total. The number of hydrogen-bond donors (Lipinski definition) is 2. The number of rotatable bonds is 8. The van der Waals surface area contributed by atoms with Gasteiger partial charge < -0.3 is 9.88 Å². The molecule has 1 aromatic carbocycles. The van der Waals surface area contributed by atoms with Crippen molar-refractivity contribution in [3.05, 3.63) is 39.5 Å². The van der Waals surface area contributed by atoms with Gasteiger partial charge in [-0.2, -0.15) is 0 Å². The predicted octanol–water partition coefficient (Wildman–Crippen LogP) is 5.20. The molecular formula is C27H37Cl2N3O5S2. The maximum atomic E-state index is 13.2. The van der Waals surface area contributed by atoms with Crippen LogP contribution in [-0.4, -0.2) is 50.9 Å². The van der Waals surface area contributed by atoms with Gasteiger partial charge in [0.15, 0.2) is 9.84 Å². The van der Waals surface area contributed by atoms with E-state index in [-0.39, 0.29) is 38.3 Å². The van der Waals surface area contributed by atoms with Crippen LogP contribution in [0.4, 0.5) is 0 Å². The summed E-state index contributed by atoms with van der Waals surface area (Å²) in [7, 11) is -6.89. The van der Waals surface area contributed by atoms with Crippen LogP contribution in [0.5, 0.6) is 0 Å². The van der Waals surface area contributed by atoms with E-state index in [4.69, 9.17) is 23.2 Å². The second-order valence-corrected chi connectivity index (χ2v) is 16.5. The minimum atomic E-state index is -3.92. The van der Waals surface area contributed by atoms with Gasteiger partial charge in [-0.25, -0.2) is 21.6 Å². The summed E-state index contributed by atoms with van der Waals surface area (Å²) in [6, 6.07) is 4.85. The number of aromatic nitrogens is 1. The number of sulfonamides is 1. The van der Waals surface area contributed by atoms with Gasteiger partial charge in [0, 0.05) is 35.8 Å². The normalized spacial score (nSPS) is 18.6. The molecular weight excluding hydrogens is 581 g/mol. The fourth-order valence-electron chi connectivity index (χ4n) is 5.48. The molecule has 1 amide bonds. The zero-order valence-corrected chi connectivity index (χ0v) is 26.0. The zero-order valence-electron chi connectivity index (χ0n) is 22.8. The quantitative estimate of drug-likeness (QED) is 0.422. The molecule has 4 rings (SSSR count). The molecule has 12 heteroatoms. The number of halogens is 2. The maximum absolute atomic E-state index is 13.2. The molecule has 2 fully saturated rings. The minimum Gasteiger partial charge on any atom is -0.352 e. The summed E-state index contributed by atoms with van der Waals surface area (Å²) in [5.41, 5.74) is 1.77. The molecule has 2 N–H and O–H groups in total. The Bertz CT molecular complexity index is 1460. The highest BCUT2D eigenvalue weighted by Crippen LogP contribution is 2.40. The molecule has 1 saturated heterocycles. The van der Waals surface area contributed by atoms with Crippen LogP contribution >= 0.6 is 23.2 Å². The Morgan fingerprint density at radius 3 is 2.28 bits per heavy atom. The van der Waals surface area contributed by atoms with Crippen LogP contribution in [0.3, 0.4) is 0 Å². The molecule has 0 unspecified atom stereocenters. The number of amides is 1. The number of sulfone groups is 1. The first-order valence-corrected chi connectivity index (χ1v) is 17.3. The average Bonchev–Trinajstić information content (AvgIpc) is 3.12. The zero-order chi connectivity index (χ0) is 28.8. The van der Waals surface area contributed by atoms with Crippen molar-refractivity contribution in [3.8, 4) is 11.3 Å². The Morgan fingerprint density at radius 2 is 1.69 bits per heavy atom. The Kier molecular flexibility index (Phi) is 8.84. The minimum absolute atomic E-state index is 0.0764. The first kappa shape index (κ1) is 30.4. The van der Waals surface area contributed by atoms with E-state index in [9.17, 15) is 21.6 Å². The second kappa shape index (κ2) is 11.4. The van der Waals surface area contributed by atoms with E-state index < -0.39 is 25.4 Å². The third-order valence-electron chi connectivity index (χ3n) is 7.36. The van der Waals surface area contributed by atoms with E-state index in [1.807, 2.05) is 6.92 Å². The maximum Gasteiger partial charge on any atom is 0.253 e. The third-order valence-corrected chi connectivity index (χ3v) is 12.1. The summed E-state index contributed by atoms with van der Waals surface area (Å²) >= 11 is 13.3. The largest absolute Gasteiger partial charge is 0.352 e. The van der Waals surface area contributed by atoms with Crippen molar-refractivity contribution in [3.63, 3.8) is 0 Å². The van der Waals surface area contributed by atoms with Crippen LogP contribution in [0.15, 0.2) is 23.1 Å². The number of carbonyl (C=O) groups is 1. The highest BCUT2D eigenvalue weighted by Gasteiger charge is 2.34. The number of benzene rings is 1. The fraction of sp³-hybridized carbons (Fsp3) is 0.593. The van der Waals surface area contributed by atoms with Gasteiger partial charge in [0.2, 0.25) is 10.0 Å². The molecule has 0 atom stereocenters. The van der Waals surface area contributed by atoms with Gasteiger partial charge in [0.05, 0.1) is 32.8 Å². The molecule has 0 radical (unpaired) electrons. The standard InChI is InChI=1S/C27H37Cl2N3O5S2/c1-17-21(26(33)30-13-19-15-38(34,35)16-19)12-22(32(17)14-18-8-6-5-7-9-18)20-10-11-23(25(29)24(20)28)39(36,37)31-27(2,3)4/h10-12,18-19,31H,5-9,13-16H2,1-4H3,(H,30,33). The van der Waals surface area contributed by atoms with Crippen molar-refractivity contribution >= 4 is 49.0 Å². The van der Waals surface area contributed by atoms with E-state index >= 15 is 0 Å². The summed E-state index contributed by atoms with van der Waals surface area (Å²) in [6.07, 6.45) is 5.74. The van der Waals surface area contributed by atoms with Crippen molar-refractivity contribution in [1.82, 2.24) is 14.6 Å². The lowest BCUT2D eigenvalue weighted by molar-refractivity contribution is 0.0947. The summed E-state index contributed by atoms with van der Waals surface area (Å²) in [5, 5.41) is 2.91. The molecule has 0 bridgehead atoms. The lowest BCUT2D eigenvalue weighted by Gasteiger charge is -2.25. The van der Waals surface area contributed by atoms with Crippen LogP contribution in [0.1, 0.15) is 68.9 Å². The number of nitrogens with zero attached hydrogens (tertiary/aromatic N) is 1. The van der Waals surface area contributed by atoms with Crippen LogP contribution in [0.2, 0.25) is 10.0 Å². The molecule has 1 aliphatic heterocycles. The predicted molar refractivity (Wildman–Crippen MR) is 156 cm³/mol. The van der Waals surface area contributed by atoms with E-state index in [1.165, 1.54) is 12.5 Å². The Labute approximate surface area is 241 Å². The van der Waals surface area contributed by atoms with E-state index in [0.717, 1.165) is 31.4 Å². The number of carbonyl (C=O) groups excluding carboxylic acids is 1. The van der Waals surface area contributed by atoms with Gasteiger partial charge in [-0.3, -0.25) is 4.79 Å². The molecule has 2 aromatic rings. The Balaban J connectivity index is 1.70. The highest BCUT2D eigenvalue weighted by atomic mass is 35.5. The molecule has 39 heavy (non-hydrogen) atoms. The molecule has 0 spiro atoms. The summed E-state index contributed by atoms with van der Waals surface area (Å²) in [4.78, 5) is 13.1. The molecule has 1 aromatic heterocycles. The van der Waals surface area contributed by atoms with E-state index in [1.54, 1.807) is 32.9 Å². The Hall–Kier alpha value is -1.59. The fourth-order valence-corrected chi connectivity index (χ4v) is 9.34. The van der Waals surface area contributed by atoms with E-state index in [2.05, 4.69) is 14.6 Å². The summed E-state index contributed by atoms with van der Waals surface area (Å²) in [5.74, 6) is 0.273. The lowest BCUT2D eigenvalue weighted by atomic mass is 9.89. The lowest BCUT2D eigenvalue weighted by Crippen LogP contribution is -2.44. The van der Waals surface area contributed by atoms with Crippen molar-refractivity contribution in [1.29, 1.82) is 0 Å². The van der Waals surface area contributed by atoms with Crippen molar-refractivity contribution in [2.75, 3.05) is 18.1 Å². The highest BCUT2D eigenvalue weighted by molar-refractivity contribution is 7.92. The average molecular weight is 619 g/mol. The van der Waals surface area contributed by atoms with Crippen molar-refractivity contribution < 1.29 is 21.6 Å². The smallest absolute Gasteiger partial charge is 0.253 e. The van der Waals surface area contributed by atoms with Gasteiger partial charge in [-0.05, 0) is 64.7 Å². The van der Waals surface area contributed by atoms with Crippen molar-refractivity contribution in [2.45, 2.75) is 76.8 Å². The first-order chi connectivity index (χ1) is 18.1. The monoisotopic (exact) mass is 617 g/mol. The SMILES string of the molecule is Cc1c(C(=O)NCC2CS(=O)(=O)C2)cc(-c2ccc(S(=O)(=O)NC(C)(C)C)c(Cl)c2Cl)n1CC1CCCCC1. The van der Waals surface area contributed by atoms with Crippen LogP contribution in [0, 0.1) is 18.8 Å².